The molecule has 21 heavy (non-hydrogen) atoms. The number of methoxy groups -OCH3 is 1. The molecule has 1 saturated carbocycles. The molecule has 1 heterocycles. The molecule has 2 aliphatic rings. The first-order valence-corrected chi connectivity index (χ1v) is 8.30. The van der Waals surface area contributed by atoms with Crippen LogP contribution in [0.4, 0.5) is 0 Å². The van der Waals surface area contributed by atoms with E-state index in [1.165, 1.54) is 32.8 Å². The van der Waals surface area contributed by atoms with Gasteiger partial charge in [-0.05, 0) is 31.2 Å². The normalized spacial score (nSPS) is 34.6. The van der Waals surface area contributed by atoms with Gasteiger partial charge in [0.05, 0.1) is 26.2 Å². The van der Waals surface area contributed by atoms with Gasteiger partial charge >= 0.3 is 5.97 Å². The van der Waals surface area contributed by atoms with Gasteiger partial charge in [-0.1, -0.05) is 19.8 Å². The van der Waals surface area contributed by atoms with E-state index >= 15 is 0 Å². The lowest BCUT2D eigenvalue weighted by atomic mass is 9.76. The molecule has 0 aromatic carbocycles. The quantitative estimate of drug-likeness (QED) is 0.777. The maximum atomic E-state index is 11.4. The van der Waals surface area contributed by atoms with E-state index in [0.717, 1.165) is 25.6 Å². The number of esters is 1. The van der Waals surface area contributed by atoms with Gasteiger partial charge in [-0.2, -0.15) is 0 Å². The van der Waals surface area contributed by atoms with Crippen molar-refractivity contribution < 1.29 is 14.3 Å². The fraction of sp³-hybridized carbons (Fsp3) is 0.938. The first-order chi connectivity index (χ1) is 10.2. The minimum Gasteiger partial charge on any atom is -0.469 e. The van der Waals surface area contributed by atoms with Crippen molar-refractivity contribution in [3.8, 4) is 0 Å². The van der Waals surface area contributed by atoms with Crippen molar-refractivity contribution in [1.82, 2.24) is 4.90 Å². The van der Waals surface area contributed by atoms with E-state index in [9.17, 15) is 4.79 Å². The fourth-order valence-electron chi connectivity index (χ4n) is 3.82. The van der Waals surface area contributed by atoms with Crippen molar-refractivity contribution in [2.45, 2.75) is 51.2 Å². The highest BCUT2D eigenvalue weighted by Gasteiger charge is 2.36. The molecule has 2 fully saturated rings. The average Bonchev–Trinajstić information content (AvgIpc) is 2.54. The Bertz CT molecular complexity index is 337. The number of carbonyl (C=O) groups excluding carboxylic acids is 1. The van der Waals surface area contributed by atoms with Crippen molar-refractivity contribution in [3.63, 3.8) is 0 Å². The average molecular weight is 298 g/mol. The second kappa shape index (κ2) is 8.11. The maximum absolute atomic E-state index is 11.4. The van der Waals surface area contributed by atoms with Gasteiger partial charge in [0.25, 0.3) is 0 Å². The zero-order chi connectivity index (χ0) is 15.2. The molecule has 1 aliphatic heterocycles. The summed E-state index contributed by atoms with van der Waals surface area (Å²) in [4.78, 5) is 14.0. The number of rotatable bonds is 5. The van der Waals surface area contributed by atoms with Crippen LogP contribution in [0, 0.1) is 11.8 Å². The fourth-order valence-corrected chi connectivity index (χ4v) is 3.82. The van der Waals surface area contributed by atoms with Gasteiger partial charge in [0.15, 0.2) is 0 Å². The molecule has 5 nitrogen and oxygen atoms in total. The molecule has 0 aromatic heterocycles. The van der Waals surface area contributed by atoms with Gasteiger partial charge in [0.2, 0.25) is 0 Å². The summed E-state index contributed by atoms with van der Waals surface area (Å²) in [5.74, 6) is 1.22. The lowest BCUT2D eigenvalue weighted by molar-refractivity contribution is -0.146. The first-order valence-electron chi connectivity index (χ1n) is 8.30. The monoisotopic (exact) mass is 298 g/mol. The van der Waals surface area contributed by atoms with Crippen LogP contribution in [0.3, 0.4) is 0 Å². The molecule has 5 heteroatoms. The van der Waals surface area contributed by atoms with Gasteiger partial charge in [0, 0.05) is 19.1 Å². The Kier molecular flexibility index (Phi) is 6.45. The van der Waals surface area contributed by atoms with E-state index in [-0.39, 0.29) is 12.1 Å². The smallest absolute Gasteiger partial charge is 0.308 e. The van der Waals surface area contributed by atoms with Gasteiger partial charge < -0.3 is 15.2 Å². The molecule has 4 unspecified atom stereocenters. The van der Waals surface area contributed by atoms with Crippen LogP contribution < -0.4 is 5.73 Å². The van der Waals surface area contributed by atoms with Gasteiger partial charge in [-0.15, -0.1) is 0 Å². The van der Waals surface area contributed by atoms with Crippen LogP contribution in [0.15, 0.2) is 0 Å². The highest BCUT2D eigenvalue weighted by atomic mass is 16.5. The molecule has 4 atom stereocenters. The van der Waals surface area contributed by atoms with Crippen LogP contribution in [-0.2, 0) is 14.3 Å². The SMILES string of the molecule is CCC1CCC(CN)C(N2CCOC(CC(=O)OC)C2)C1. The molecule has 0 amide bonds. The molecule has 0 bridgehead atoms. The van der Waals surface area contributed by atoms with Gasteiger partial charge in [-0.25, -0.2) is 0 Å². The highest BCUT2D eigenvalue weighted by Crippen LogP contribution is 2.34. The van der Waals surface area contributed by atoms with Crippen molar-refractivity contribution in [2.24, 2.45) is 17.6 Å². The predicted molar refractivity (Wildman–Crippen MR) is 81.9 cm³/mol. The predicted octanol–water partition coefficient (Wildman–Crippen LogP) is 1.40. The number of nitrogens with two attached hydrogens (primary N) is 1. The lowest BCUT2D eigenvalue weighted by Crippen LogP contribution is -2.53. The molecular weight excluding hydrogens is 268 g/mol. The van der Waals surface area contributed by atoms with Crippen LogP contribution in [0.2, 0.25) is 0 Å². The van der Waals surface area contributed by atoms with Crippen LogP contribution >= 0.6 is 0 Å². The van der Waals surface area contributed by atoms with Crippen LogP contribution in [-0.4, -0.2) is 56.4 Å². The summed E-state index contributed by atoms with van der Waals surface area (Å²) < 4.78 is 10.5. The molecule has 2 rings (SSSR count). The number of morpholine rings is 1. The van der Waals surface area contributed by atoms with Crippen molar-refractivity contribution in [1.29, 1.82) is 0 Å². The Morgan fingerprint density at radius 1 is 1.43 bits per heavy atom. The molecule has 0 radical (unpaired) electrons. The summed E-state index contributed by atoms with van der Waals surface area (Å²) in [6, 6.07) is 0.553. The zero-order valence-corrected chi connectivity index (χ0v) is 13.4. The molecule has 0 spiro atoms. The summed E-state index contributed by atoms with van der Waals surface area (Å²) >= 11 is 0. The molecule has 2 N–H and O–H groups in total. The van der Waals surface area contributed by atoms with Crippen LogP contribution in [0.1, 0.15) is 39.0 Å². The molecule has 1 aliphatic carbocycles. The summed E-state index contributed by atoms with van der Waals surface area (Å²) in [5.41, 5.74) is 5.99. The number of carbonyl (C=O) groups is 1. The second-order valence-corrected chi connectivity index (χ2v) is 6.42. The van der Waals surface area contributed by atoms with Gasteiger partial charge in [-0.3, -0.25) is 9.69 Å². The molecule has 0 aromatic rings. The largest absolute Gasteiger partial charge is 0.469 e. The number of nitrogens with zero attached hydrogens (tertiary/aromatic N) is 1. The minimum atomic E-state index is -0.188. The van der Waals surface area contributed by atoms with E-state index in [0.29, 0.717) is 25.0 Å². The second-order valence-electron chi connectivity index (χ2n) is 6.42. The van der Waals surface area contributed by atoms with E-state index in [1.807, 2.05) is 0 Å². The third kappa shape index (κ3) is 4.41. The Balaban J connectivity index is 1.95. The summed E-state index contributed by atoms with van der Waals surface area (Å²) in [7, 11) is 1.43. The number of hydrogen-bond acceptors (Lipinski definition) is 5. The van der Waals surface area contributed by atoms with E-state index in [4.69, 9.17) is 15.2 Å². The van der Waals surface area contributed by atoms with Crippen molar-refractivity contribution in [3.05, 3.63) is 0 Å². The van der Waals surface area contributed by atoms with Crippen LogP contribution in [0.5, 0.6) is 0 Å². The standard InChI is InChI=1S/C16H30N2O3/c1-3-12-4-5-13(10-17)15(8-12)18-6-7-21-14(11-18)9-16(19)20-2/h12-15H,3-11,17H2,1-2H3. The number of ether oxygens (including phenoxy) is 2. The van der Waals surface area contributed by atoms with E-state index < -0.39 is 0 Å². The topological polar surface area (TPSA) is 64.8 Å². The van der Waals surface area contributed by atoms with Gasteiger partial charge in [0.1, 0.15) is 0 Å². The Labute approximate surface area is 128 Å². The highest BCUT2D eigenvalue weighted by molar-refractivity contribution is 5.69. The third-order valence-corrected chi connectivity index (χ3v) is 5.21. The lowest BCUT2D eigenvalue weighted by Gasteiger charge is -2.45. The Hall–Kier alpha value is -0.650. The first kappa shape index (κ1) is 16.7. The molecule has 122 valence electrons. The third-order valence-electron chi connectivity index (χ3n) is 5.21. The zero-order valence-electron chi connectivity index (χ0n) is 13.4. The summed E-state index contributed by atoms with van der Waals surface area (Å²) in [6.07, 6.45) is 5.35. The molecular formula is C16H30N2O3. The van der Waals surface area contributed by atoms with Crippen molar-refractivity contribution in [2.75, 3.05) is 33.4 Å². The Morgan fingerprint density at radius 2 is 2.24 bits per heavy atom. The number of hydrogen-bond donors (Lipinski definition) is 1. The minimum absolute atomic E-state index is 0.0355. The summed E-state index contributed by atoms with van der Waals surface area (Å²) in [5, 5.41) is 0. The van der Waals surface area contributed by atoms with Crippen molar-refractivity contribution >= 4 is 5.97 Å². The Morgan fingerprint density at radius 3 is 2.90 bits per heavy atom. The van der Waals surface area contributed by atoms with Crippen LogP contribution in [0.25, 0.3) is 0 Å². The van der Waals surface area contributed by atoms with E-state index in [1.54, 1.807) is 0 Å². The van der Waals surface area contributed by atoms with E-state index in [2.05, 4.69) is 11.8 Å². The summed E-state index contributed by atoms with van der Waals surface area (Å²) in [6.45, 7) is 5.53. The maximum Gasteiger partial charge on any atom is 0.308 e. The molecule has 1 saturated heterocycles.